The monoisotopic (exact) mass is 347 g/mol. The lowest BCUT2D eigenvalue weighted by Crippen LogP contribution is -2.12. The third-order valence-corrected chi connectivity index (χ3v) is 4.21. The summed E-state index contributed by atoms with van der Waals surface area (Å²) in [7, 11) is 0. The number of carbonyl (C=O) groups excluding carboxylic acids is 1. The van der Waals surface area contributed by atoms with Gasteiger partial charge in [0.05, 0.1) is 0 Å². The second-order valence-electron chi connectivity index (χ2n) is 4.87. The SMILES string of the molecule is Cc1cc(Cl)ccc1NC(=O)c1snnc1-c1ccc(F)cc1. The fourth-order valence-corrected chi connectivity index (χ4v) is 2.89. The highest BCUT2D eigenvalue weighted by Crippen LogP contribution is 2.26. The molecule has 0 aliphatic rings. The number of nitrogens with zero attached hydrogens (tertiary/aromatic N) is 2. The van der Waals surface area contributed by atoms with Crippen LogP contribution in [-0.2, 0) is 0 Å². The minimum atomic E-state index is -0.347. The molecular weight excluding hydrogens is 337 g/mol. The Balaban J connectivity index is 1.89. The van der Waals surface area contributed by atoms with Crippen LogP contribution >= 0.6 is 23.1 Å². The van der Waals surface area contributed by atoms with Gasteiger partial charge in [-0.3, -0.25) is 4.79 Å². The number of hydrogen-bond acceptors (Lipinski definition) is 4. The quantitative estimate of drug-likeness (QED) is 0.755. The first-order valence-electron chi connectivity index (χ1n) is 6.70. The summed E-state index contributed by atoms with van der Waals surface area (Å²) in [6.45, 7) is 1.85. The van der Waals surface area contributed by atoms with Gasteiger partial charge in [-0.25, -0.2) is 4.39 Å². The maximum absolute atomic E-state index is 13.0. The minimum Gasteiger partial charge on any atom is -0.321 e. The molecule has 1 heterocycles. The number of benzene rings is 2. The van der Waals surface area contributed by atoms with E-state index in [2.05, 4.69) is 14.9 Å². The second-order valence-corrected chi connectivity index (χ2v) is 6.06. The standard InChI is InChI=1S/C16H11ClFN3OS/c1-9-8-11(17)4-7-13(9)19-16(22)15-14(20-21-23-15)10-2-5-12(18)6-3-10/h2-8H,1H3,(H,19,22). The number of amides is 1. The van der Waals surface area contributed by atoms with Crippen LogP contribution in [0.1, 0.15) is 15.2 Å². The lowest BCUT2D eigenvalue weighted by Gasteiger charge is -2.08. The smallest absolute Gasteiger partial charge is 0.269 e. The summed E-state index contributed by atoms with van der Waals surface area (Å²) in [6, 6.07) is 11.0. The summed E-state index contributed by atoms with van der Waals surface area (Å²) >= 11 is 6.90. The first-order chi connectivity index (χ1) is 11.0. The lowest BCUT2D eigenvalue weighted by molar-refractivity contribution is 0.103. The van der Waals surface area contributed by atoms with E-state index in [-0.39, 0.29) is 11.7 Å². The van der Waals surface area contributed by atoms with Crippen molar-refractivity contribution in [2.45, 2.75) is 6.92 Å². The van der Waals surface area contributed by atoms with Gasteiger partial charge >= 0.3 is 0 Å². The molecule has 1 N–H and O–H groups in total. The molecule has 0 aliphatic carbocycles. The number of anilines is 1. The Hall–Kier alpha value is -2.31. The van der Waals surface area contributed by atoms with Crippen LogP contribution in [0.3, 0.4) is 0 Å². The van der Waals surface area contributed by atoms with Crippen LogP contribution in [0.5, 0.6) is 0 Å². The fourth-order valence-electron chi connectivity index (χ4n) is 2.08. The molecule has 2 aromatic carbocycles. The van der Waals surface area contributed by atoms with E-state index in [1.165, 1.54) is 12.1 Å². The van der Waals surface area contributed by atoms with Gasteiger partial charge in [0.15, 0.2) is 0 Å². The van der Waals surface area contributed by atoms with Crippen LogP contribution in [0.15, 0.2) is 42.5 Å². The van der Waals surface area contributed by atoms with Gasteiger partial charge in [0.25, 0.3) is 5.91 Å². The molecule has 0 saturated carbocycles. The number of nitrogens with one attached hydrogen (secondary N) is 1. The van der Waals surface area contributed by atoms with Crippen LogP contribution < -0.4 is 5.32 Å². The van der Waals surface area contributed by atoms with Gasteiger partial charge in [0.1, 0.15) is 16.4 Å². The molecule has 0 saturated heterocycles. The summed E-state index contributed by atoms with van der Waals surface area (Å²) in [5, 5.41) is 7.40. The zero-order valence-corrected chi connectivity index (χ0v) is 13.6. The number of aryl methyl sites for hydroxylation is 1. The van der Waals surface area contributed by atoms with E-state index < -0.39 is 0 Å². The molecule has 3 rings (SSSR count). The van der Waals surface area contributed by atoms with Crippen LogP contribution in [0.2, 0.25) is 5.02 Å². The second kappa shape index (κ2) is 6.44. The van der Waals surface area contributed by atoms with Gasteiger partial charge in [-0.05, 0) is 66.5 Å². The molecule has 3 aromatic rings. The van der Waals surface area contributed by atoms with Crippen LogP contribution in [0.25, 0.3) is 11.3 Å². The first-order valence-corrected chi connectivity index (χ1v) is 7.85. The molecule has 4 nitrogen and oxygen atoms in total. The Morgan fingerprint density at radius 1 is 1.22 bits per heavy atom. The van der Waals surface area contributed by atoms with Gasteiger partial charge in [-0.1, -0.05) is 16.1 Å². The minimum absolute atomic E-state index is 0.315. The van der Waals surface area contributed by atoms with E-state index in [1.54, 1.807) is 30.3 Å². The summed E-state index contributed by atoms with van der Waals surface area (Å²) in [5.74, 6) is -0.663. The molecular formula is C16H11ClFN3OS. The Kier molecular flexibility index (Phi) is 4.36. The van der Waals surface area contributed by atoms with Crippen molar-refractivity contribution in [3.63, 3.8) is 0 Å². The zero-order chi connectivity index (χ0) is 16.4. The third kappa shape index (κ3) is 3.38. The number of aromatic nitrogens is 2. The molecule has 0 atom stereocenters. The van der Waals surface area contributed by atoms with E-state index >= 15 is 0 Å². The van der Waals surface area contributed by atoms with Gasteiger partial charge in [0, 0.05) is 16.3 Å². The number of rotatable bonds is 3. The van der Waals surface area contributed by atoms with E-state index in [0.717, 1.165) is 17.1 Å². The summed E-state index contributed by atoms with van der Waals surface area (Å²) in [4.78, 5) is 12.9. The van der Waals surface area contributed by atoms with E-state index in [0.29, 0.717) is 26.8 Å². The maximum atomic E-state index is 13.0. The summed E-state index contributed by atoms with van der Waals surface area (Å²) in [6.07, 6.45) is 0. The Morgan fingerprint density at radius 3 is 2.65 bits per heavy atom. The Labute approximate surface area is 141 Å². The number of halogens is 2. The molecule has 0 fully saturated rings. The highest BCUT2D eigenvalue weighted by atomic mass is 35.5. The van der Waals surface area contributed by atoms with Crippen LogP contribution in [0, 0.1) is 12.7 Å². The van der Waals surface area contributed by atoms with Gasteiger partial charge in [-0.2, -0.15) is 0 Å². The van der Waals surface area contributed by atoms with Gasteiger partial charge in [-0.15, -0.1) is 5.10 Å². The van der Waals surface area contributed by atoms with Crippen LogP contribution in [0.4, 0.5) is 10.1 Å². The molecule has 1 amide bonds. The molecule has 0 aliphatic heterocycles. The van der Waals surface area contributed by atoms with E-state index in [1.807, 2.05) is 6.92 Å². The molecule has 116 valence electrons. The zero-order valence-electron chi connectivity index (χ0n) is 12.0. The molecule has 0 radical (unpaired) electrons. The first kappa shape index (κ1) is 15.6. The van der Waals surface area contributed by atoms with E-state index in [9.17, 15) is 9.18 Å². The van der Waals surface area contributed by atoms with Crippen molar-refractivity contribution in [3.05, 3.63) is 63.7 Å². The fraction of sp³-hybridized carbons (Fsp3) is 0.0625. The van der Waals surface area contributed by atoms with Crippen molar-refractivity contribution in [1.29, 1.82) is 0 Å². The molecule has 0 unspecified atom stereocenters. The van der Waals surface area contributed by atoms with Crippen LogP contribution in [-0.4, -0.2) is 15.5 Å². The van der Waals surface area contributed by atoms with Gasteiger partial charge in [0.2, 0.25) is 0 Å². The molecule has 0 spiro atoms. The molecule has 23 heavy (non-hydrogen) atoms. The molecule has 7 heteroatoms. The highest BCUT2D eigenvalue weighted by Gasteiger charge is 2.18. The Morgan fingerprint density at radius 2 is 1.96 bits per heavy atom. The summed E-state index contributed by atoms with van der Waals surface area (Å²) in [5.41, 5.74) is 2.58. The Bertz CT molecular complexity index is 864. The van der Waals surface area contributed by atoms with Crippen molar-refractivity contribution in [2.75, 3.05) is 5.32 Å². The van der Waals surface area contributed by atoms with Crippen molar-refractivity contribution >= 4 is 34.7 Å². The van der Waals surface area contributed by atoms with Crippen molar-refractivity contribution in [3.8, 4) is 11.3 Å². The topological polar surface area (TPSA) is 54.9 Å². The molecule has 0 bridgehead atoms. The van der Waals surface area contributed by atoms with E-state index in [4.69, 9.17) is 11.6 Å². The van der Waals surface area contributed by atoms with Gasteiger partial charge < -0.3 is 5.32 Å². The predicted octanol–water partition coefficient (Wildman–Crippen LogP) is 4.56. The van der Waals surface area contributed by atoms with Crippen molar-refractivity contribution in [2.24, 2.45) is 0 Å². The normalized spacial score (nSPS) is 10.6. The largest absolute Gasteiger partial charge is 0.321 e. The average Bonchev–Trinajstić information content (AvgIpc) is 3.00. The van der Waals surface area contributed by atoms with Crippen molar-refractivity contribution < 1.29 is 9.18 Å². The summed E-state index contributed by atoms with van der Waals surface area (Å²) < 4.78 is 16.9. The predicted molar refractivity (Wildman–Crippen MR) is 89.4 cm³/mol. The number of carbonyl (C=O) groups is 1. The highest BCUT2D eigenvalue weighted by molar-refractivity contribution is 7.08. The number of hydrogen-bond donors (Lipinski definition) is 1. The maximum Gasteiger partial charge on any atom is 0.269 e. The third-order valence-electron chi connectivity index (χ3n) is 3.25. The lowest BCUT2D eigenvalue weighted by atomic mass is 10.1. The van der Waals surface area contributed by atoms with Crippen molar-refractivity contribution in [1.82, 2.24) is 9.59 Å². The molecule has 1 aromatic heterocycles. The average molecular weight is 348 g/mol.